The number of hydrogen-bond donors (Lipinski definition) is 2. The van der Waals surface area contributed by atoms with Crippen molar-refractivity contribution in [1.29, 1.82) is 0 Å². The Morgan fingerprint density at radius 3 is 2.48 bits per heavy atom. The van der Waals surface area contributed by atoms with Crippen molar-refractivity contribution in [2.24, 2.45) is 16.8 Å². The number of guanidine groups is 1. The van der Waals surface area contributed by atoms with E-state index in [-0.39, 0.29) is 29.5 Å². The predicted molar refractivity (Wildman–Crippen MR) is 119 cm³/mol. The smallest absolute Gasteiger partial charge is 0.191 e. The summed E-state index contributed by atoms with van der Waals surface area (Å²) >= 11 is 1.72. The zero-order chi connectivity index (χ0) is 17.7. The summed E-state index contributed by atoms with van der Waals surface area (Å²) < 4.78 is 0. The van der Waals surface area contributed by atoms with Crippen LogP contribution in [0.4, 0.5) is 0 Å². The van der Waals surface area contributed by atoms with E-state index in [0.717, 1.165) is 35.9 Å². The number of piperidine rings is 1. The molecule has 2 atom stereocenters. The molecule has 25 heavy (non-hydrogen) atoms. The van der Waals surface area contributed by atoms with Crippen LogP contribution in [-0.2, 0) is 6.54 Å². The van der Waals surface area contributed by atoms with Gasteiger partial charge in [0.2, 0.25) is 0 Å². The van der Waals surface area contributed by atoms with Gasteiger partial charge in [0, 0.05) is 43.3 Å². The molecule has 2 rings (SSSR count). The van der Waals surface area contributed by atoms with Crippen LogP contribution >= 0.6 is 35.3 Å². The van der Waals surface area contributed by atoms with Gasteiger partial charge in [0.25, 0.3) is 0 Å². The minimum atomic E-state index is 0. The van der Waals surface area contributed by atoms with Crippen molar-refractivity contribution in [2.75, 3.05) is 26.7 Å². The number of thiazole rings is 1. The van der Waals surface area contributed by atoms with Gasteiger partial charge < -0.3 is 10.6 Å². The zero-order valence-electron chi connectivity index (χ0n) is 16.4. The molecule has 1 fully saturated rings. The van der Waals surface area contributed by atoms with Crippen molar-refractivity contribution in [3.8, 4) is 0 Å². The molecule has 1 aromatic heterocycles. The van der Waals surface area contributed by atoms with Gasteiger partial charge in [-0.05, 0) is 39.0 Å². The van der Waals surface area contributed by atoms with E-state index < -0.39 is 0 Å². The first kappa shape index (κ1) is 22.6. The molecule has 144 valence electrons. The Morgan fingerprint density at radius 2 is 1.96 bits per heavy atom. The lowest BCUT2D eigenvalue weighted by Crippen LogP contribution is -2.57. The molecule has 1 aromatic rings. The van der Waals surface area contributed by atoms with Crippen molar-refractivity contribution in [3.05, 3.63) is 16.1 Å². The van der Waals surface area contributed by atoms with Gasteiger partial charge in [-0.15, -0.1) is 35.3 Å². The Balaban J connectivity index is 0.00000312. The first-order valence-corrected chi connectivity index (χ1v) is 9.72. The molecule has 7 heteroatoms. The van der Waals surface area contributed by atoms with E-state index in [1.165, 1.54) is 24.4 Å². The number of halogens is 1. The second kappa shape index (κ2) is 10.1. The van der Waals surface area contributed by atoms with Crippen LogP contribution < -0.4 is 10.6 Å². The van der Waals surface area contributed by atoms with E-state index in [9.17, 15) is 0 Å². The highest BCUT2D eigenvalue weighted by molar-refractivity contribution is 14.0. The molecule has 2 heterocycles. The van der Waals surface area contributed by atoms with Gasteiger partial charge in [0.05, 0.1) is 6.54 Å². The van der Waals surface area contributed by atoms with Crippen LogP contribution in [0.25, 0.3) is 0 Å². The highest BCUT2D eigenvalue weighted by atomic mass is 127. The maximum Gasteiger partial charge on any atom is 0.191 e. The molecular formula is C18H34IN5S. The molecule has 1 aliphatic rings. The summed E-state index contributed by atoms with van der Waals surface area (Å²) in [6, 6.07) is 0. The normalized spacial score (nSPS) is 22.4. The van der Waals surface area contributed by atoms with Gasteiger partial charge in [0.1, 0.15) is 5.01 Å². The van der Waals surface area contributed by atoms with E-state index >= 15 is 0 Å². The molecule has 0 spiro atoms. The van der Waals surface area contributed by atoms with Gasteiger partial charge in [-0.1, -0.05) is 13.8 Å². The molecule has 2 unspecified atom stereocenters. The summed E-state index contributed by atoms with van der Waals surface area (Å²) in [7, 11) is 1.82. The van der Waals surface area contributed by atoms with Crippen molar-refractivity contribution in [3.63, 3.8) is 0 Å². The lowest BCUT2D eigenvalue weighted by Gasteiger charge is -2.45. The standard InChI is InChI=1S/C18H33N5S.HI/c1-13-7-14(2)11-23(10-13)18(4,5)12-22-17(19-6)21-9-16-20-8-15(3)24-16;/h8,13-14H,7,9-12H2,1-6H3,(H2,19,21,22);1H. The SMILES string of the molecule is CN=C(NCc1ncc(C)s1)NCC(C)(C)N1CC(C)CC(C)C1.I. The topological polar surface area (TPSA) is 52.6 Å². The highest BCUT2D eigenvalue weighted by Gasteiger charge is 2.32. The second-order valence-electron chi connectivity index (χ2n) is 7.81. The first-order chi connectivity index (χ1) is 11.3. The number of rotatable bonds is 5. The van der Waals surface area contributed by atoms with E-state index in [1.54, 1.807) is 11.3 Å². The van der Waals surface area contributed by atoms with Crippen LogP contribution in [0.1, 0.15) is 44.0 Å². The average Bonchev–Trinajstić information content (AvgIpc) is 2.92. The quantitative estimate of drug-likeness (QED) is 0.386. The molecule has 1 saturated heterocycles. The number of aliphatic imine (C=N–C) groups is 1. The third-order valence-corrected chi connectivity index (χ3v) is 5.63. The van der Waals surface area contributed by atoms with Crippen molar-refractivity contribution in [1.82, 2.24) is 20.5 Å². The van der Waals surface area contributed by atoms with E-state index in [4.69, 9.17) is 0 Å². The molecule has 0 radical (unpaired) electrons. The highest BCUT2D eigenvalue weighted by Crippen LogP contribution is 2.26. The van der Waals surface area contributed by atoms with Gasteiger partial charge in [-0.25, -0.2) is 4.98 Å². The summed E-state index contributed by atoms with van der Waals surface area (Å²) in [6.45, 7) is 15.4. The molecule has 2 N–H and O–H groups in total. The summed E-state index contributed by atoms with van der Waals surface area (Å²) in [5.41, 5.74) is 0.109. The van der Waals surface area contributed by atoms with E-state index in [0.29, 0.717) is 0 Å². The molecule has 1 aliphatic heterocycles. The summed E-state index contributed by atoms with van der Waals surface area (Å²) in [6.07, 6.45) is 3.26. The monoisotopic (exact) mass is 479 g/mol. The third kappa shape index (κ3) is 7.02. The van der Waals surface area contributed by atoms with Crippen LogP contribution in [0.3, 0.4) is 0 Å². The van der Waals surface area contributed by atoms with Crippen molar-refractivity contribution in [2.45, 2.75) is 53.1 Å². The summed E-state index contributed by atoms with van der Waals surface area (Å²) in [5, 5.41) is 7.94. The van der Waals surface area contributed by atoms with E-state index in [1.807, 2.05) is 13.2 Å². The molecule has 0 aromatic carbocycles. The molecule has 5 nitrogen and oxygen atoms in total. The van der Waals surface area contributed by atoms with Crippen LogP contribution in [-0.4, -0.2) is 48.1 Å². The number of likely N-dealkylation sites (tertiary alicyclic amines) is 1. The largest absolute Gasteiger partial charge is 0.355 e. The lowest BCUT2D eigenvalue weighted by molar-refractivity contribution is 0.0483. The lowest BCUT2D eigenvalue weighted by atomic mass is 9.88. The fourth-order valence-electron chi connectivity index (χ4n) is 3.43. The Morgan fingerprint density at radius 1 is 1.32 bits per heavy atom. The number of nitrogens with zero attached hydrogens (tertiary/aromatic N) is 3. The fourth-order valence-corrected chi connectivity index (χ4v) is 4.16. The molecule has 0 aliphatic carbocycles. The zero-order valence-corrected chi connectivity index (χ0v) is 19.6. The summed E-state index contributed by atoms with van der Waals surface area (Å²) in [5.74, 6) is 2.39. The van der Waals surface area contributed by atoms with Crippen LogP contribution in [0, 0.1) is 18.8 Å². The molecular weight excluding hydrogens is 445 g/mol. The Kier molecular flexibility index (Phi) is 9.11. The second-order valence-corrected chi connectivity index (χ2v) is 9.13. The first-order valence-electron chi connectivity index (χ1n) is 8.91. The maximum atomic E-state index is 4.39. The van der Waals surface area contributed by atoms with E-state index in [2.05, 4.69) is 60.1 Å². The number of aromatic nitrogens is 1. The Hall–Kier alpha value is -0.410. The minimum Gasteiger partial charge on any atom is -0.355 e. The van der Waals surface area contributed by atoms with Gasteiger partial charge in [-0.2, -0.15) is 0 Å². The van der Waals surface area contributed by atoms with Crippen LogP contribution in [0.2, 0.25) is 0 Å². The minimum absolute atomic E-state index is 0. The van der Waals surface area contributed by atoms with Crippen molar-refractivity contribution >= 4 is 41.3 Å². The Bertz CT molecular complexity index is 547. The number of aryl methyl sites for hydroxylation is 1. The van der Waals surface area contributed by atoms with Gasteiger partial charge >= 0.3 is 0 Å². The predicted octanol–water partition coefficient (Wildman–Crippen LogP) is 3.49. The number of hydrogen-bond acceptors (Lipinski definition) is 4. The van der Waals surface area contributed by atoms with Crippen LogP contribution in [0.5, 0.6) is 0 Å². The van der Waals surface area contributed by atoms with Gasteiger partial charge in [-0.3, -0.25) is 9.89 Å². The Labute approximate surface area is 174 Å². The molecule has 0 saturated carbocycles. The average molecular weight is 479 g/mol. The van der Waals surface area contributed by atoms with Crippen molar-refractivity contribution < 1.29 is 0 Å². The molecule has 0 bridgehead atoms. The number of nitrogens with one attached hydrogen (secondary N) is 2. The third-order valence-electron chi connectivity index (χ3n) is 4.71. The maximum absolute atomic E-state index is 4.39. The van der Waals surface area contributed by atoms with Crippen LogP contribution in [0.15, 0.2) is 11.2 Å². The van der Waals surface area contributed by atoms with Gasteiger partial charge in [0.15, 0.2) is 5.96 Å². The summed E-state index contributed by atoms with van der Waals surface area (Å²) in [4.78, 5) is 12.6. The fraction of sp³-hybridized carbons (Fsp3) is 0.778. The molecule has 0 amide bonds.